The molecule has 2 rings (SSSR count). The highest BCUT2D eigenvalue weighted by molar-refractivity contribution is 7.99. The van der Waals surface area contributed by atoms with E-state index >= 15 is 0 Å². The molecule has 2 atom stereocenters. The molecule has 1 spiro atoms. The smallest absolute Gasteiger partial charge is 0.223 e. The minimum Gasteiger partial charge on any atom is -0.353 e. The van der Waals surface area contributed by atoms with Crippen LogP contribution in [0, 0.1) is 11.3 Å². The number of nitrogens with one attached hydrogen (secondary N) is 2. The van der Waals surface area contributed by atoms with Crippen molar-refractivity contribution >= 4 is 17.7 Å². The molecule has 1 saturated carbocycles. The highest BCUT2D eigenvalue weighted by Crippen LogP contribution is 2.58. The van der Waals surface area contributed by atoms with Gasteiger partial charge in [-0.2, -0.15) is 11.8 Å². The van der Waals surface area contributed by atoms with Crippen molar-refractivity contribution in [2.75, 3.05) is 24.6 Å². The molecule has 0 aromatic rings. The predicted octanol–water partition coefficient (Wildman–Crippen LogP) is 1.63. The maximum absolute atomic E-state index is 12.1. The third kappa shape index (κ3) is 3.16. The topological polar surface area (TPSA) is 41.1 Å². The Morgan fingerprint density at radius 2 is 2.24 bits per heavy atom. The van der Waals surface area contributed by atoms with E-state index in [1.165, 1.54) is 12.8 Å². The number of carbonyl (C=O) groups excluding carboxylic acids is 1. The quantitative estimate of drug-likeness (QED) is 0.785. The Kier molecular flexibility index (Phi) is 4.36. The zero-order chi connectivity index (χ0) is 12.3. The van der Waals surface area contributed by atoms with E-state index < -0.39 is 0 Å². The molecule has 0 aromatic carbocycles. The summed E-state index contributed by atoms with van der Waals surface area (Å²) in [5, 5.41) is 6.54. The highest BCUT2D eigenvalue weighted by atomic mass is 32.2. The second-order valence-electron chi connectivity index (χ2n) is 5.44. The minimum atomic E-state index is 0.302. The van der Waals surface area contributed by atoms with Gasteiger partial charge in [0.1, 0.15) is 0 Å². The molecule has 2 N–H and O–H groups in total. The van der Waals surface area contributed by atoms with Gasteiger partial charge in [-0.1, -0.05) is 6.92 Å². The van der Waals surface area contributed by atoms with Gasteiger partial charge in [0.05, 0.1) is 0 Å². The van der Waals surface area contributed by atoms with Gasteiger partial charge in [-0.05, 0) is 50.4 Å². The van der Waals surface area contributed by atoms with E-state index in [0.29, 0.717) is 23.3 Å². The third-order valence-electron chi connectivity index (χ3n) is 4.07. The second kappa shape index (κ2) is 5.61. The van der Waals surface area contributed by atoms with Crippen LogP contribution in [0.4, 0.5) is 0 Å². The predicted molar refractivity (Wildman–Crippen MR) is 73.2 cm³/mol. The average Bonchev–Trinajstić information content (AvgIpc) is 3.01. The Balaban J connectivity index is 1.74. The molecule has 17 heavy (non-hydrogen) atoms. The Hall–Kier alpha value is -0.220. The van der Waals surface area contributed by atoms with E-state index in [2.05, 4.69) is 24.5 Å². The fourth-order valence-corrected chi connectivity index (χ4v) is 3.55. The van der Waals surface area contributed by atoms with Crippen LogP contribution < -0.4 is 10.6 Å². The maximum atomic E-state index is 12.1. The van der Waals surface area contributed by atoms with Gasteiger partial charge in [-0.25, -0.2) is 0 Å². The summed E-state index contributed by atoms with van der Waals surface area (Å²) in [7, 11) is 0. The van der Waals surface area contributed by atoms with Gasteiger partial charge >= 0.3 is 0 Å². The molecule has 0 radical (unpaired) electrons. The molecule has 0 aromatic heterocycles. The van der Waals surface area contributed by atoms with Crippen molar-refractivity contribution < 1.29 is 4.79 Å². The molecule has 3 nitrogen and oxygen atoms in total. The van der Waals surface area contributed by atoms with Crippen molar-refractivity contribution in [2.45, 2.75) is 39.2 Å². The first-order valence-electron chi connectivity index (χ1n) is 6.77. The number of amides is 1. The third-order valence-corrected chi connectivity index (χ3v) is 5.21. The second-order valence-corrected chi connectivity index (χ2v) is 6.76. The fourth-order valence-electron chi connectivity index (χ4n) is 2.88. The molecule has 1 heterocycles. The summed E-state index contributed by atoms with van der Waals surface area (Å²) in [6, 6.07) is 0.312. The number of rotatable bonds is 5. The SMILES string of the molecule is CCSCC(C)NC(=O)C1CC12CCNCC2. The molecule has 1 saturated heterocycles. The summed E-state index contributed by atoms with van der Waals surface area (Å²) < 4.78 is 0. The molecular formula is C13H24N2OS. The Bertz CT molecular complexity index is 277. The van der Waals surface area contributed by atoms with Crippen LogP contribution in [0.1, 0.15) is 33.1 Å². The first-order chi connectivity index (χ1) is 8.18. The van der Waals surface area contributed by atoms with Crippen molar-refractivity contribution in [3.63, 3.8) is 0 Å². The Morgan fingerprint density at radius 3 is 2.88 bits per heavy atom. The largest absolute Gasteiger partial charge is 0.353 e. The van der Waals surface area contributed by atoms with Crippen LogP contribution in [-0.2, 0) is 4.79 Å². The van der Waals surface area contributed by atoms with Gasteiger partial charge in [0, 0.05) is 17.7 Å². The van der Waals surface area contributed by atoms with Crippen LogP contribution in [0.15, 0.2) is 0 Å². The Labute approximate surface area is 108 Å². The molecule has 0 bridgehead atoms. The van der Waals surface area contributed by atoms with Gasteiger partial charge in [0.15, 0.2) is 0 Å². The molecule has 2 aliphatic rings. The summed E-state index contributed by atoms with van der Waals surface area (Å²) in [5.41, 5.74) is 0.368. The van der Waals surface area contributed by atoms with E-state index in [0.717, 1.165) is 31.0 Å². The van der Waals surface area contributed by atoms with Crippen molar-refractivity contribution in [3.8, 4) is 0 Å². The maximum Gasteiger partial charge on any atom is 0.223 e. The van der Waals surface area contributed by atoms with E-state index in [-0.39, 0.29) is 0 Å². The van der Waals surface area contributed by atoms with Gasteiger partial charge < -0.3 is 10.6 Å². The lowest BCUT2D eigenvalue weighted by molar-refractivity contribution is -0.123. The summed E-state index contributed by atoms with van der Waals surface area (Å²) >= 11 is 1.89. The van der Waals surface area contributed by atoms with Crippen LogP contribution >= 0.6 is 11.8 Å². The van der Waals surface area contributed by atoms with Crippen LogP contribution in [-0.4, -0.2) is 36.5 Å². The average molecular weight is 256 g/mol. The molecule has 1 amide bonds. The van der Waals surface area contributed by atoms with Gasteiger partial charge in [-0.15, -0.1) is 0 Å². The van der Waals surface area contributed by atoms with Gasteiger partial charge in [-0.3, -0.25) is 4.79 Å². The number of hydrogen-bond donors (Lipinski definition) is 2. The number of hydrogen-bond acceptors (Lipinski definition) is 3. The Morgan fingerprint density at radius 1 is 1.53 bits per heavy atom. The molecule has 1 aliphatic carbocycles. The van der Waals surface area contributed by atoms with Gasteiger partial charge in [0.25, 0.3) is 0 Å². The van der Waals surface area contributed by atoms with Crippen molar-refractivity contribution in [2.24, 2.45) is 11.3 Å². The minimum absolute atomic E-state index is 0.302. The molecule has 2 unspecified atom stereocenters. The van der Waals surface area contributed by atoms with E-state index in [4.69, 9.17) is 0 Å². The van der Waals surface area contributed by atoms with Crippen LogP contribution in [0.5, 0.6) is 0 Å². The highest BCUT2D eigenvalue weighted by Gasteiger charge is 2.57. The van der Waals surface area contributed by atoms with E-state index in [9.17, 15) is 4.79 Å². The monoisotopic (exact) mass is 256 g/mol. The number of piperidine rings is 1. The van der Waals surface area contributed by atoms with Crippen molar-refractivity contribution in [3.05, 3.63) is 0 Å². The van der Waals surface area contributed by atoms with Gasteiger partial charge in [0.2, 0.25) is 5.91 Å². The molecule has 98 valence electrons. The molecule has 4 heteroatoms. The number of carbonyl (C=O) groups is 1. The summed E-state index contributed by atoms with van der Waals surface area (Å²) in [6.45, 7) is 6.44. The molecule has 1 aliphatic heterocycles. The van der Waals surface area contributed by atoms with Crippen molar-refractivity contribution in [1.82, 2.24) is 10.6 Å². The van der Waals surface area contributed by atoms with Crippen LogP contribution in [0.25, 0.3) is 0 Å². The summed E-state index contributed by atoms with van der Waals surface area (Å²) in [4.78, 5) is 12.1. The summed E-state index contributed by atoms with van der Waals surface area (Å²) in [6.07, 6.45) is 3.49. The zero-order valence-electron chi connectivity index (χ0n) is 10.9. The lowest BCUT2D eigenvalue weighted by atomic mass is 9.91. The first-order valence-corrected chi connectivity index (χ1v) is 7.92. The normalized spacial score (nSPS) is 27.8. The summed E-state index contributed by atoms with van der Waals surface area (Å²) in [5.74, 6) is 2.76. The van der Waals surface area contributed by atoms with Crippen LogP contribution in [0.3, 0.4) is 0 Å². The standard InChI is InChI=1S/C13H24N2OS/c1-3-17-9-10(2)15-12(16)11-8-13(11)4-6-14-7-5-13/h10-11,14H,3-9H2,1-2H3,(H,15,16). The lowest BCUT2D eigenvalue weighted by Crippen LogP contribution is -2.38. The first kappa shape index (κ1) is 13.2. The zero-order valence-corrected chi connectivity index (χ0v) is 11.7. The number of thioether (sulfide) groups is 1. The lowest BCUT2D eigenvalue weighted by Gasteiger charge is -2.23. The fraction of sp³-hybridized carbons (Fsp3) is 0.923. The van der Waals surface area contributed by atoms with Crippen LogP contribution in [0.2, 0.25) is 0 Å². The van der Waals surface area contributed by atoms with E-state index in [1.54, 1.807) is 0 Å². The van der Waals surface area contributed by atoms with Crippen molar-refractivity contribution in [1.29, 1.82) is 0 Å². The van der Waals surface area contributed by atoms with E-state index in [1.807, 2.05) is 11.8 Å². The molecular weight excluding hydrogens is 232 g/mol. The molecule has 2 fully saturated rings.